The summed E-state index contributed by atoms with van der Waals surface area (Å²) in [6.45, 7) is 3.52. The Bertz CT molecular complexity index is 6240. The lowest BCUT2D eigenvalue weighted by atomic mass is 9.71. The van der Waals surface area contributed by atoms with Gasteiger partial charge in [0.15, 0.2) is 0 Å². The van der Waals surface area contributed by atoms with Gasteiger partial charge in [0.1, 0.15) is 214 Å². The van der Waals surface area contributed by atoms with Crippen LogP contribution in [0.5, 0.6) is 121 Å². The fraction of sp³-hybridized carbons (Fsp3) is 0.168. The van der Waals surface area contributed by atoms with Crippen molar-refractivity contribution in [2.45, 2.75) is 111 Å². The average molecular weight is 1890 g/mol. The van der Waals surface area contributed by atoms with Gasteiger partial charge in [0.2, 0.25) is 0 Å². The number of phenolic OH excluding ortho intramolecular Hbond substituents is 12. The minimum atomic E-state index is -0.893. The molecule has 12 aromatic carbocycles. The molecular formula is C101H90N18O21. The van der Waals surface area contributed by atoms with E-state index in [9.17, 15) is 61.3 Å². The summed E-state index contributed by atoms with van der Waals surface area (Å²) in [6.07, 6.45) is 10.2. The number of ether oxygens (including phenoxy) is 9. The Balaban J connectivity index is 0.608. The smallest absolute Gasteiger partial charge is 0.134 e. The van der Waals surface area contributed by atoms with Gasteiger partial charge >= 0.3 is 0 Å². The lowest BCUT2D eigenvalue weighted by Crippen LogP contribution is -2.25. The number of benzene rings is 12. The van der Waals surface area contributed by atoms with Crippen molar-refractivity contribution in [3.8, 4) is 121 Å². The molecule has 0 unspecified atom stereocenters. The molecule has 0 amide bonds. The van der Waals surface area contributed by atoms with E-state index < -0.39 is 5.41 Å². The topological polar surface area (TPSA) is 510 Å². The SMILES string of the molecule is CC(c1ccc(OCc2cc(OCc3cn(Cc4cc(O)cc(O)c4)nn3)cc(OCc3cn(Cc4cc(O)cc(O)c4)nn3)c2)cc1)(c1ccc(OCc2cc(OCc3cn(Cc4cc(O)cc(O)c4)nn3)cc(OCc3cn(Cc4cc(O)cc(O)c4)nn3)c2)cc1)c1ccc(OCc2cc(OCc3cn(Cc4cc(O)cc(O)c4)nn3)cc(OCc3cn(Cc4cc(O)cc(O)c4)nn3)c2)cc1. The Morgan fingerprint density at radius 3 is 0.507 bits per heavy atom. The zero-order valence-corrected chi connectivity index (χ0v) is 74.7. The van der Waals surface area contributed by atoms with E-state index in [1.54, 1.807) is 83.5 Å². The molecule has 39 nitrogen and oxygen atoms in total. The fourth-order valence-corrected chi connectivity index (χ4v) is 15.7. The standard InChI is InChI=1S/C101H90N18O21/c1-101(71-2-8-92(9-3-71)132-53-68-26-95(135-56-74-47-114(108-102-74)41-62-14-80(120)32-81(121)15-62)38-96(27-68)136-57-75-48-115(109-103-75)42-63-16-82(122)33-83(123)17-63,72-4-10-93(11-5-72)133-54-69-28-97(137-58-76-49-116(110-104-76)43-64-18-84(124)34-85(125)19-64)39-98(29-69)138-59-77-50-117(111-105-77)44-65-20-86(126)35-87(127)21-65)73-6-12-94(13-7-73)134-55-70-30-99(139-60-78-51-118(112-106-78)45-66-22-88(128)36-89(129)23-66)40-100(31-70)140-61-79-52-119(113-107-79)46-67-24-90(130)37-91(131)25-67/h2-40,47-52,120-131H,41-46,53-61H2,1H3. The van der Waals surface area contributed by atoms with Crippen LogP contribution in [0.3, 0.4) is 0 Å². The first-order valence-electron chi connectivity index (χ1n) is 43.6. The van der Waals surface area contributed by atoms with Crippen LogP contribution in [0.25, 0.3) is 0 Å². The Morgan fingerprint density at radius 2 is 0.343 bits per heavy atom. The second-order valence-corrected chi connectivity index (χ2v) is 33.3. The molecule has 0 radical (unpaired) electrons. The third-order valence-electron chi connectivity index (χ3n) is 22.0. The van der Waals surface area contributed by atoms with Gasteiger partial charge in [-0.05, 0) is 219 Å². The number of aromatic nitrogens is 18. The number of nitrogens with zero attached hydrogens (tertiary/aromatic N) is 18. The van der Waals surface area contributed by atoms with Crippen molar-refractivity contribution in [2.75, 3.05) is 0 Å². The number of aromatic hydroxyl groups is 12. The summed E-state index contributed by atoms with van der Waals surface area (Å²) < 4.78 is 67.4. The largest absolute Gasteiger partial charge is 0.508 e. The third kappa shape index (κ3) is 24.6. The second-order valence-electron chi connectivity index (χ2n) is 33.3. The number of rotatable bonds is 42. The maximum atomic E-state index is 10.1. The first-order chi connectivity index (χ1) is 67.8. The van der Waals surface area contributed by atoms with Gasteiger partial charge in [0, 0.05) is 60.0 Å². The minimum Gasteiger partial charge on any atom is -0.508 e. The van der Waals surface area contributed by atoms with Crippen molar-refractivity contribution in [3.05, 3.63) is 375 Å². The van der Waals surface area contributed by atoms with Gasteiger partial charge in [-0.2, -0.15) is 0 Å². The summed E-state index contributed by atoms with van der Waals surface area (Å²) >= 11 is 0. The molecule has 18 aromatic rings. The molecule has 0 saturated carbocycles. The Hall–Kier alpha value is -18.7. The van der Waals surface area contributed by atoms with Crippen molar-refractivity contribution >= 4 is 0 Å². The predicted molar refractivity (Wildman–Crippen MR) is 497 cm³/mol. The number of hydrogen-bond donors (Lipinski definition) is 12. The quantitative estimate of drug-likeness (QED) is 0.0158. The molecule has 0 fully saturated rings. The van der Waals surface area contributed by atoms with Gasteiger partial charge in [-0.3, -0.25) is 0 Å². The maximum absolute atomic E-state index is 10.1. The molecule has 0 bridgehead atoms. The molecule has 39 heteroatoms. The van der Waals surface area contributed by atoms with Crippen LogP contribution in [0, 0.1) is 0 Å². The van der Waals surface area contributed by atoms with E-state index in [1.165, 1.54) is 109 Å². The molecule has 12 N–H and O–H groups in total. The number of hydrogen-bond acceptors (Lipinski definition) is 33. The summed E-state index contributed by atoms with van der Waals surface area (Å²) in [6, 6.07) is 65.2. The summed E-state index contributed by atoms with van der Waals surface area (Å²) in [5.41, 5.74) is 10.3. The average Bonchev–Trinajstić information content (AvgIpc) is 1.02. The fourth-order valence-electron chi connectivity index (χ4n) is 15.7. The highest BCUT2D eigenvalue weighted by molar-refractivity contribution is 5.54. The summed E-state index contributed by atoms with van der Waals surface area (Å²) in [7, 11) is 0. The van der Waals surface area contributed by atoms with E-state index >= 15 is 0 Å². The van der Waals surface area contributed by atoms with Crippen LogP contribution in [0.4, 0.5) is 0 Å². The van der Waals surface area contributed by atoms with Crippen molar-refractivity contribution in [2.24, 2.45) is 0 Å². The molecule has 0 atom stereocenters. The van der Waals surface area contributed by atoms with E-state index in [1.807, 2.05) is 109 Å². The van der Waals surface area contributed by atoms with Gasteiger partial charge in [-0.25, -0.2) is 28.1 Å². The monoisotopic (exact) mass is 1890 g/mol. The Kier molecular flexibility index (Phi) is 27.1. The molecular weight excluding hydrogens is 1800 g/mol. The third-order valence-corrected chi connectivity index (χ3v) is 22.0. The normalized spacial score (nSPS) is 11.4. The van der Waals surface area contributed by atoms with Crippen molar-refractivity contribution in [3.63, 3.8) is 0 Å². The van der Waals surface area contributed by atoms with Gasteiger partial charge in [-0.1, -0.05) is 67.7 Å². The zero-order valence-electron chi connectivity index (χ0n) is 74.7. The lowest BCUT2D eigenvalue weighted by molar-refractivity contribution is 0.278. The van der Waals surface area contributed by atoms with Crippen molar-refractivity contribution in [1.29, 1.82) is 0 Å². The van der Waals surface area contributed by atoms with Crippen LogP contribution in [-0.4, -0.2) is 151 Å². The molecule has 140 heavy (non-hydrogen) atoms. The molecule has 710 valence electrons. The molecule has 18 rings (SSSR count). The highest BCUT2D eigenvalue weighted by atomic mass is 16.5. The van der Waals surface area contributed by atoms with Crippen molar-refractivity contribution in [1.82, 2.24) is 90.0 Å². The van der Waals surface area contributed by atoms with Crippen LogP contribution in [0.15, 0.2) is 274 Å². The minimum absolute atomic E-state index is 0.00153. The molecule has 0 spiro atoms. The van der Waals surface area contributed by atoms with Crippen LogP contribution in [-0.2, 0) is 104 Å². The molecule has 0 saturated heterocycles. The molecule has 0 aliphatic carbocycles. The van der Waals surface area contributed by atoms with Crippen LogP contribution >= 0.6 is 0 Å². The second kappa shape index (κ2) is 41.4. The van der Waals surface area contributed by atoms with E-state index in [4.69, 9.17) is 42.6 Å². The molecule has 0 aliphatic rings. The number of phenols is 12. The van der Waals surface area contributed by atoms with E-state index in [2.05, 4.69) is 68.8 Å². The zero-order chi connectivity index (χ0) is 96.8. The van der Waals surface area contributed by atoms with E-state index in [-0.39, 0.29) is 168 Å². The van der Waals surface area contributed by atoms with Crippen LogP contribution in [0.2, 0.25) is 0 Å². The molecule has 6 heterocycles. The van der Waals surface area contributed by atoms with Gasteiger partial charge in [-0.15, -0.1) is 30.6 Å². The maximum Gasteiger partial charge on any atom is 0.134 e. The first-order valence-corrected chi connectivity index (χ1v) is 43.6. The van der Waals surface area contributed by atoms with Crippen molar-refractivity contribution < 1.29 is 104 Å². The summed E-state index contributed by atoms with van der Waals surface area (Å²) in [5.74, 6) is 2.91. The Labute approximate surface area is 796 Å². The highest BCUT2D eigenvalue weighted by Crippen LogP contribution is 2.42. The summed E-state index contributed by atoms with van der Waals surface area (Å²) in [4.78, 5) is 0. The molecule has 6 aromatic heterocycles. The highest BCUT2D eigenvalue weighted by Gasteiger charge is 2.32. The summed E-state index contributed by atoms with van der Waals surface area (Å²) in [5, 5.41) is 173. The van der Waals surface area contributed by atoms with Gasteiger partial charge < -0.3 is 104 Å². The van der Waals surface area contributed by atoms with Crippen LogP contribution in [0.1, 0.15) is 108 Å². The predicted octanol–water partition coefficient (Wildman–Crippen LogP) is 13.6. The first kappa shape index (κ1) is 91.8. The Morgan fingerprint density at radius 1 is 0.186 bits per heavy atom. The van der Waals surface area contributed by atoms with E-state index in [0.29, 0.717) is 136 Å². The van der Waals surface area contributed by atoms with E-state index in [0.717, 1.165) is 16.7 Å². The van der Waals surface area contributed by atoms with Gasteiger partial charge in [0.25, 0.3) is 0 Å². The molecule has 0 aliphatic heterocycles. The lowest BCUT2D eigenvalue weighted by Gasteiger charge is -2.32. The van der Waals surface area contributed by atoms with Gasteiger partial charge in [0.05, 0.1) is 76.4 Å². The van der Waals surface area contributed by atoms with Crippen LogP contribution < -0.4 is 42.6 Å².